The van der Waals surface area contributed by atoms with Crippen LogP contribution in [-0.2, 0) is 9.53 Å². The van der Waals surface area contributed by atoms with Crippen molar-refractivity contribution in [2.24, 2.45) is 0 Å². The highest BCUT2D eigenvalue weighted by molar-refractivity contribution is 6.21. The molecule has 172 valence electrons. The summed E-state index contributed by atoms with van der Waals surface area (Å²) in [4.78, 5) is 37.6. The number of hydrogen-bond donors (Lipinski definition) is 3. The number of hydrogen-bond acceptors (Lipinski definition) is 7. The molecule has 1 amide bonds. The molecule has 0 saturated carbocycles. The summed E-state index contributed by atoms with van der Waals surface area (Å²) < 4.78 is 11.0. The van der Waals surface area contributed by atoms with Gasteiger partial charge in [0.25, 0.3) is 5.91 Å². The number of ketones is 1. The van der Waals surface area contributed by atoms with Crippen LogP contribution < -0.4 is 15.4 Å². The molecule has 3 aromatic heterocycles. The van der Waals surface area contributed by atoms with Crippen LogP contribution in [0, 0.1) is 6.92 Å². The fourth-order valence-corrected chi connectivity index (χ4v) is 4.00. The van der Waals surface area contributed by atoms with Crippen molar-refractivity contribution in [2.75, 3.05) is 24.4 Å². The highest BCUT2D eigenvalue weighted by Gasteiger charge is 2.39. The minimum absolute atomic E-state index is 0.160. The molecule has 0 spiro atoms. The quantitative estimate of drug-likeness (QED) is 0.374. The first kappa shape index (κ1) is 21.6. The number of amides is 1. The number of aromatic nitrogens is 3. The number of anilines is 2. The molecule has 1 unspecified atom stereocenters. The van der Waals surface area contributed by atoms with E-state index < -0.39 is 5.54 Å². The molecule has 0 bridgehead atoms. The number of ether oxygens (including phenoxy) is 2. The molecule has 0 radical (unpaired) electrons. The molecule has 1 aliphatic heterocycles. The van der Waals surface area contributed by atoms with Crippen molar-refractivity contribution >= 4 is 34.1 Å². The van der Waals surface area contributed by atoms with Crippen LogP contribution in [0.3, 0.4) is 0 Å². The van der Waals surface area contributed by atoms with Gasteiger partial charge in [0.05, 0.1) is 35.1 Å². The molecule has 4 heterocycles. The number of methoxy groups -OCH3 is 1. The van der Waals surface area contributed by atoms with E-state index >= 15 is 0 Å². The van der Waals surface area contributed by atoms with Gasteiger partial charge in [0.1, 0.15) is 16.9 Å². The first-order valence-corrected chi connectivity index (χ1v) is 10.7. The molecule has 3 N–H and O–H groups in total. The first-order chi connectivity index (χ1) is 16.4. The second kappa shape index (κ2) is 8.27. The molecule has 0 aliphatic carbocycles. The van der Waals surface area contributed by atoms with Gasteiger partial charge >= 0.3 is 0 Å². The number of benzene rings is 1. The van der Waals surface area contributed by atoms with Gasteiger partial charge in [-0.1, -0.05) is 0 Å². The van der Waals surface area contributed by atoms with E-state index in [0.29, 0.717) is 45.2 Å². The summed E-state index contributed by atoms with van der Waals surface area (Å²) in [5.41, 5.74) is 2.65. The maximum atomic E-state index is 13.4. The van der Waals surface area contributed by atoms with E-state index in [2.05, 4.69) is 25.6 Å². The van der Waals surface area contributed by atoms with Crippen LogP contribution in [0.5, 0.6) is 11.6 Å². The van der Waals surface area contributed by atoms with Gasteiger partial charge in [-0.2, -0.15) is 0 Å². The normalized spacial score (nSPS) is 17.1. The van der Waals surface area contributed by atoms with E-state index in [1.807, 2.05) is 19.1 Å². The Hall–Kier alpha value is -4.24. The molecule has 0 fully saturated rings. The Labute approximate surface area is 195 Å². The predicted molar refractivity (Wildman–Crippen MR) is 128 cm³/mol. The number of H-pyrrole nitrogens is 1. The van der Waals surface area contributed by atoms with Gasteiger partial charge in [-0.15, -0.1) is 0 Å². The van der Waals surface area contributed by atoms with Crippen LogP contribution in [0.15, 0.2) is 55.0 Å². The zero-order valence-corrected chi connectivity index (χ0v) is 18.9. The summed E-state index contributed by atoms with van der Waals surface area (Å²) in [7, 11) is 1.53. The van der Waals surface area contributed by atoms with Gasteiger partial charge in [-0.25, -0.2) is 9.97 Å². The van der Waals surface area contributed by atoms with Crippen molar-refractivity contribution in [3.05, 3.63) is 71.7 Å². The van der Waals surface area contributed by atoms with E-state index in [-0.39, 0.29) is 18.3 Å². The van der Waals surface area contributed by atoms with Crippen LogP contribution in [0.1, 0.15) is 28.4 Å². The third kappa shape index (κ3) is 3.75. The van der Waals surface area contributed by atoms with E-state index in [0.717, 1.165) is 5.56 Å². The zero-order chi connectivity index (χ0) is 23.9. The summed E-state index contributed by atoms with van der Waals surface area (Å²) in [6, 6.07) is 10.6. The molecular formula is C25H23N5O4. The minimum atomic E-state index is -0.990. The molecule has 1 atom stereocenters. The van der Waals surface area contributed by atoms with E-state index in [9.17, 15) is 9.59 Å². The number of aromatic amines is 1. The third-order valence-electron chi connectivity index (χ3n) is 5.76. The van der Waals surface area contributed by atoms with Gasteiger partial charge in [0, 0.05) is 31.1 Å². The van der Waals surface area contributed by atoms with E-state index in [1.54, 1.807) is 49.8 Å². The van der Waals surface area contributed by atoms with Crippen molar-refractivity contribution in [1.29, 1.82) is 0 Å². The number of nitrogens with zero attached hydrogens (tertiary/aromatic N) is 2. The Bertz CT molecular complexity index is 1410. The highest BCUT2D eigenvalue weighted by Crippen LogP contribution is 2.38. The monoisotopic (exact) mass is 457 g/mol. The lowest BCUT2D eigenvalue weighted by Gasteiger charge is -2.35. The van der Waals surface area contributed by atoms with Crippen molar-refractivity contribution in [1.82, 2.24) is 15.0 Å². The third-order valence-corrected chi connectivity index (χ3v) is 5.76. The predicted octanol–water partition coefficient (Wildman–Crippen LogP) is 4.06. The van der Waals surface area contributed by atoms with Crippen LogP contribution in [0.4, 0.5) is 11.4 Å². The van der Waals surface area contributed by atoms with Gasteiger partial charge in [0.2, 0.25) is 5.88 Å². The fraction of sp³-hybridized carbons (Fsp3) is 0.200. The Morgan fingerprint density at radius 3 is 2.68 bits per heavy atom. The van der Waals surface area contributed by atoms with E-state index in [1.165, 1.54) is 7.11 Å². The van der Waals surface area contributed by atoms with Gasteiger partial charge in [-0.05, 0) is 49.7 Å². The van der Waals surface area contributed by atoms with Gasteiger partial charge in [-0.3, -0.25) is 9.59 Å². The van der Waals surface area contributed by atoms with Crippen LogP contribution in [-0.4, -0.2) is 45.9 Å². The average Bonchev–Trinajstić information content (AvgIpc) is 3.25. The fourth-order valence-electron chi connectivity index (χ4n) is 4.00. The van der Waals surface area contributed by atoms with Crippen LogP contribution >= 0.6 is 0 Å². The second-order valence-corrected chi connectivity index (χ2v) is 8.44. The maximum absolute atomic E-state index is 13.4. The Balaban J connectivity index is 1.47. The summed E-state index contributed by atoms with van der Waals surface area (Å²) in [6.45, 7) is 3.87. The Kier molecular flexibility index (Phi) is 5.25. The maximum Gasteiger partial charge on any atom is 0.252 e. The molecule has 0 saturated heterocycles. The molecule has 4 aromatic rings. The Morgan fingerprint density at radius 1 is 1.15 bits per heavy atom. The summed E-state index contributed by atoms with van der Waals surface area (Å²) in [6.07, 6.45) is 4.88. The largest absolute Gasteiger partial charge is 0.439 e. The van der Waals surface area contributed by atoms with Gasteiger partial charge < -0.3 is 25.1 Å². The minimum Gasteiger partial charge on any atom is -0.439 e. The first-order valence-electron chi connectivity index (χ1n) is 10.7. The van der Waals surface area contributed by atoms with Crippen molar-refractivity contribution in [3.8, 4) is 11.6 Å². The number of fused-ring (bicyclic) bond motifs is 3. The summed E-state index contributed by atoms with van der Waals surface area (Å²) >= 11 is 0. The lowest BCUT2D eigenvalue weighted by atomic mass is 9.96. The summed E-state index contributed by atoms with van der Waals surface area (Å²) in [5.74, 6) is 0.645. The number of aryl methyl sites for hydroxylation is 1. The van der Waals surface area contributed by atoms with E-state index in [4.69, 9.17) is 9.47 Å². The number of rotatable bonds is 6. The Morgan fingerprint density at radius 2 is 1.94 bits per heavy atom. The SMILES string of the molecule is COCC1(C)Nc2c(cnc3[nH]cc(C(=O)c4ccc(Oc5cc(C)ccn5)cc4)c23)NC1=O. The number of pyridine rings is 2. The number of carbonyl (C=O) groups excluding carboxylic acids is 2. The highest BCUT2D eigenvalue weighted by atomic mass is 16.5. The van der Waals surface area contributed by atoms with Gasteiger partial charge in [0.15, 0.2) is 5.78 Å². The van der Waals surface area contributed by atoms with Crippen molar-refractivity contribution < 1.29 is 19.1 Å². The lowest BCUT2D eigenvalue weighted by Crippen LogP contribution is -2.53. The molecule has 1 aromatic carbocycles. The molecule has 9 nitrogen and oxygen atoms in total. The standard InChI is InChI=1S/C25H23N5O4/c1-14-8-9-26-19(10-14)34-16-6-4-15(5-7-16)22(31)17-11-27-23-20(17)21-18(12-28-23)29-24(32)25(2,30-21)13-33-3/h4-12,30H,13H2,1-3H3,(H,27,28)(H,29,32). The van der Waals surface area contributed by atoms with Crippen molar-refractivity contribution in [2.45, 2.75) is 19.4 Å². The van der Waals surface area contributed by atoms with Crippen LogP contribution in [0.2, 0.25) is 0 Å². The average molecular weight is 457 g/mol. The topological polar surface area (TPSA) is 118 Å². The van der Waals surface area contributed by atoms with Crippen LogP contribution in [0.25, 0.3) is 11.0 Å². The molecule has 9 heteroatoms. The second-order valence-electron chi connectivity index (χ2n) is 8.44. The summed E-state index contributed by atoms with van der Waals surface area (Å²) in [5, 5.41) is 6.74. The molecule has 34 heavy (non-hydrogen) atoms. The lowest BCUT2D eigenvalue weighted by molar-refractivity contribution is -0.121. The molecular weight excluding hydrogens is 434 g/mol. The molecule has 1 aliphatic rings. The number of nitrogens with one attached hydrogen (secondary N) is 3. The smallest absolute Gasteiger partial charge is 0.252 e. The number of carbonyl (C=O) groups is 2. The zero-order valence-electron chi connectivity index (χ0n) is 18.9. The van der Waals surface area contributed by atoms with Crippen molar-refractivity contribution in [3.63, 3.8) is 0 Å². The molecule has 5 rings (SSSR count).